The number of carbonyl (C=O) groups is 2. The summed E-state index contributed by atoms with van der Waals surface area (Å²) in [5.41, 5.74) is 1.85. The summed E-state index contributed by atoms with van der Waals surface area (Å²) >= 11 is 0. The quantitative estimate of drug-likeness (QED) is 0.590. The lowest BCUT2D eigenvalue weighted by molar-refractivity contribution is 0.0485. The smallest absolute Gasteiger partial charge is 0.407 e. The van der Waals surface area contributed by atoms with Crippen LogP contribution in [0.15, 0.2) is 36.7 Å². The maximum atomic E-state index is 12.3. The molecule has 0 radical (unpaired) electrons. The molecular weight excluding hydrogens is 422 g/mol. The number of methoxy groups -OCH3 is 1. The van der Waals surface area contributed by atoms with E-state index >= 15 is 0 Å². The van der Waals surface area contributed by atoms with E-state index in [-0.39, 0.29) is 17.8 Å². The molecule has 0 aromatic carbocycles. The molecule has 0 saturated heterocycles. The molecule has 0 spiro atoms. The van der Waals surface area contributed by atoms with E-state index in [1.54, 1.807) is 18.5 Å². The number of carbonyl (C=O) groups excluding carboxylic acids is 2. The fourth-order valence-electron chi connectivity index (χ4n) is 4.26. The highest BCUT2D eigenvalue weighted by molar-refractivity contribution is 5.92. The van der Waals surface area contributed by atoms with Crippen LogP contribution >= 0.6 is 0 Å². The van der Waals surface area contributed by atoms with Crippen molar-refractivity contribution in [3.8, 4) is 11.5 Å². The molecule has 1 amide bonds. The lowest BCUT2D eigenvalue weighted by Gasteiger charge is -2.32. The van der Waals surface area contributed by atoms with Crippen LogP contribution in [0.4, 0.5) is 4.79 Å². The number of alkyl carbamates (subject to hydrolysis) is 1. The third kappa shape index (κ3) is 5.13. The van der Waals surface area contributed by atoms with Gasteiger partial charge in [0.15, 0.2) is 11.5 Å². The number of imidazole rings is 1. The number of ether oxygens (including phenoxy) is 2. The summed E-state index contributed by atoms with van der Waals surface area (Å²) in [5.74, 6) is 0.197. The molecule has 1 saturated carbocycles. The second-order valence-corrected chi connectivity index (χ2v) is 9.23. The maximum absolute atomic E-state index is 12.3. The van der Waals surface area contributed by atoms with Gasteiger partial charge in [-0.3, -0.25) is 4.98 Å². The Morgan fingerprint density at radius 2 is 2.00 bits per heavy atom. The first-order valence-electron chi connectivity index (χ1n) is 11.1. The Hall–Kier alpha value is -3.49. The Balaban J connectivity index is 1.69. The molecule has 1 N–H and O–H groups in total. The number of hydrogen-bond acceptors (Lipinski definition) is 7. The molecule has 1 aliphatic carbocycles. The van der Waals surface area contributed by atoms with E-state index < -0.39 is 17.7 Å². The standard InChI is InChI=1S/C24H29N5O4/c1-24(2,3)33-23(31)27-15-8-7-9-16(12-15)29-20-14-26-19(22(30)32-4)13-18(20)28-21(29)17-10-5-6-11-25-17/h5-6,10-11,13-16H,7-9,12H2,1-4H3,(H,27,31)/t15-,16+/m0/s1. The van der Waals surface area contributed by atoms with Crippen LogP contribution in [0, 0.1) is 0 Å². The SMILES string of the molecule is COC(=O)c1cc2nc(-c3ccccn3)n([C@@H]3CCC[C@H](NC(=O)OC(C)(C)C)C3)c2cn1. The van der Waals surface area contributed by atoms with Crippen LogP contribution in [0.25, 0.3) is 22.6 Å². The van der Waals surface area contributed by atoms with E-state index in [4.69, 9.17) is 14.5 Å². The number of amides is 1. The van der Waals surface area contributed by atoms with Gasteiger partial charge in [-0.1, -0.05) is 6.07 Å². The molecule has 2 atom stereocenters. The fourth-order valence-corrected chi connectivity index (χ4v) is 4.26. The summed E-state index contributed by atoms with van der Waals surface area (Å²) in [6.07, 6.45) is 6.46. The van der Waals surface area contributed by atoms with E-state index in [0.29, 0.717) is 11.3 Å². The summed E-state index contributed by atoms with van der Waals surface area (Å²) in [6.45, 7) is 5.55. The maximum Gasteiger partial charge on any atom is 0.407 e. The fraction of sp³-hybridized carbons (Fsp3) is 0.458. The van der Waals surface area contributed by atoms with Crippen molar-refractivity contribution in [1.29, 1.82) is 0 Å². The predicted octanol–water partition coefficient (Wildman–Crippen LogP) is 4.29. The van der Waals surface area contributed by atoms with Gasteiger partial charge in [-0.15, -0.1) is 0 Å². The second-order valence-electron chi connectivity index (χ2n) is 9.23. The highest BCUT2D eigenvalue weighted by Crippen LogP contribution is 2.35. The zero-order chi connectivity index (χ0) is 23.6. The molecule has 1 aliphatic rings. The number of fused-ring (bicyclic) bond motifs is 1. The molecule has 9 heteroatoms. The number of rotatable bonds is 4. The number of pyridine rings is 2. The largest absolute Gasteiger partial charge is 0.464 e. The first-order chi connectivity index (χ1) is 15.7. The Morgan fingerprint density at radius 1 is 1.18 bits per heavy atom. The van der Waals surface area contributed by atoms with Crippen LogP contribution in [-0.4, -0.2) is 50.3 Å². The zero-order valence-electron chi connectivity index (χ0n) is 19.4. The number of nitrogens with one attached hydrogen (secondary N) is 1. The van der Waals surface area contributed by atoms with Gasteiger partial charge in [0.2, 0.25) is 0 Å². The van der Waals surface area contributed by atoms with Crippen molar-refractivity contribution >= 4 is 23.1 Å². The normalized spacial score (nSPS) is 18.7. The van der Waals surface area contributed by atoms with Crippen LogP contribution < -0.4 is 5.32 Å². The minimum absolute atomic E-state index is 0.0186. The van der Waals surface area contributed by atoms with E-state index in [2.05, 4.69) is 19.9 Å². The van der Waals surface area contributed by atoms with Crippen LogP contribution in [0.2, 0.25) is 0 Å². The number of esters is 1. The zero-order valence-corrected chi connectivity index (χ0v) is 19.4. The summed E-state index contributed by atoms with van der Waals surface area (Å²) in [4.78, 5) is 37.9. The summed E-state index contributed by atoms with van der Waals surface area (Å²) in [5, 5.41) is 3.02. The average Bonchev–Trinajstić information content (AvgIpc) is 3.16. The summed E-state index contributed by atoms with van der Waals surface area (Å²) < 4.78 is 12.4. The molecule has 0 bridgehead atoms. The highest BCUT2D eigenvalue weighted by Gasteiger charge is 2.30. The molecule has 174 valence electrons. The molecular formula is C24H29N5O4. The van der Waals surface area contributed by atoms with Gasteiger partial charge in [-0.2, -0.15) is 0 Å². The molecule has 0 aliphatic heterocycles. The van der Waals surface area contributed by atoms with Crippen LogP contribution in [0.3, 0.4) is 0 Å². The Morgan fingerprint density at radius 3 is 2.70 bits per heavy atom. The Bertz CT molecular complexity index is 1150. The molecule has 3 aromatic rings. The van der Waals surface area contributed by atoms with Crippen LogP contribution in [0.1, 0.15) is 63.0 Å². The van der Waals surface area contributed by atoms with Crippen LogP contribution in [-0.2, 0) is 9.47 Å². The van der Waals surface area contributed by atoms with Crippen molar-refractivity contribution in [3.63, 3.8) is 0 Å². The lowest BCUT2D eigenvalue weighted by Crippen LogP contribution is -2.41. The molecule has 0 unspecified atom stereocenters. The van der Waals surface area contributed by atoms with E-state index in [1.165, 1.54) is 7.11 Å². The molecule has 9 nitrogen and oxygen atoms in total. The third-order valence-electron chi connectivity index (χ3n) is 5.60. The van der Waals surface area contributed by atoms with Gasteiger partial charge < -0.3 is 19.4 Å². The number of hydrogen-bond donors (Lipinski definition) is 1. The van der Waals surface area contributed by atoms with Gasteiger partial charge in [-0.25, -0.2) is 19.6 Å². The van der Waals surface area contributed by atoms with E-state index in [1.807, 2.05) is 39.0 Å². The van der Waals surface area contributed by atoms with Gasteiger partial charge in [0, 0.05) is 18.3 Å². The van der Waals surface area contributed by atoms with Gasteiger partial charge in [0.1, 0.15) is 11.3 Å². The first kappa shape index (κ1) is 22.7. The van der Waals surface area contributed by atoms with Crippen molar-refractivity contribution in [1.82, 2.24) is 24.8 Å². The van der Waals surface area contributed by atoms with E-state index in [9.17, 15) is 9.59 Å². The van der Waals surface area contributed by atoms with Gasteiger partial charge >= 0.3 is 12.1 Å². The second kappa shape index (κ2) is 9.17. The Labute approximate surface area is 192 Å². The monoisotopic (exact) mass is 451 g/mol. The molecule has 1 fully saturated rings. The summed E-state index contributed by atoms with van der Waals surface area (Å²) in [6, 6.07) is 7.38. The molecule has 3 aromatic heterocycles. The average molecular weight is 452 g/mol. The highest BCUT2D eigenvalue weighted by atomic mass is 16.6. The number of nitrogens with zero attached hydrogens (tertiary/aromatic N) is 4. The van der Waals surface area contributed by atoms with Crippen molar-refractivity contribution in [3.05, 3.63) is 42.4 Å². The lowest BCUT2D eigenvalue weighted by atomic mass is 9.90. The molecule has 33 heavy (non-hydrogen) atoms. The van der Waals surface area contributed by atoms with Crippen molar-refractivity contribution < 1.29 is 19.1 Å². The van der Waals surface area contributed by atoms with Crippen molar-refractivity contribution in [2.24, 2.45) is 0 Å². The van der Waals surface area contributed by atoms with Gasteiger partial charge in [0.25, 0.3) is 0 Å². The summed E-state index contributed by atoms with van der Waals surface area (Å²) in [7, 11) is 1.33. The van der Waals surface area contributed by atoms with Gasteiger partial charge in [0.05, 0.1) is 24.3 Å². The minimum atomic E-state index is -0.548. The molecule has 4 rings (SSSR count). The number of aromatic nitrogens is 4. The van der Waals surface area contributed by atoms with Gasteiger partial charge in [-0.05, 0) is 64.7 Å². The topological polar surface area (TPSA) is 108 Å². The van der Waals surface area contributed by atoms with Crippen molar-refractivity contribution in [2.75, 3.05) is 7.11 Å². The predicted molar refractivity (Wildman–Crippen MR) is 123 cm³/mol. The van der Waals surface area contributed by atoms with E-state index in [0.717, 1.165) is 36.9 Å². The van der Waals surface area contributed by atoms with Crippen LogP contribution in [0.5, 0.6) is 0 Å². The first-order valence-corrected chi connectivity index (χ1v) is 11.1. The Kier molecular flexibility index (Phi) is 6.31. The minimum Gasteiger partial charge on any atom is -0.464 e. The third-order valence-corrected chi connectivity index (χ3v) is 5.60. The van der Waals surface area contributed by atoms with Crippen molar-refractivity contribution in [2.45, 2.75) is 64.1 Å². The molecule has 3 heterocycles.